The lowest BCUT2D eigenvalue weighted by atomic mass is 10.2. The monoisotopic (exact) mass is 387 g/mol. The molecular weight excluding hydrogens is 373 g/mol. The minimum absolute atomic E-state index is 0.136. The SMILES string of the molecule is Cn1c([N+](=O)[O-])cnc1-c1nn(C)c2ncnc(NN)c12.O=P(O)(O)O. The number of imidazole rings is 1. The Hall–Kier alpha value is -2.97. The number of anilines is 1. The number of hydrogen-bond donors (Lipinski definition) is 5. The maximum atomic E-state index is 10.9. The van der Waals surface area contributed by atoms with Gasteiger partial charge in [0.2, 0.25) is 5.82 Å². The largest absolute Gasteiger partial charge is 0.466 e. The van der Waals surface area contributed by atoms with Crippen molar-refractivity contribution in [3.8, 4) is 11.5 Å². The summed E-state index contributed by atoms with van der Waals surface area (Å²) >= 11 is 0. The highest BCUT2D eigenvalue weighted by molar-refractivity contribution is 7.45. The van der Waals surface area contributed by atoms with Crippen molar-refractivity contribution in [2.75, 3.05) is 5.43 Å². The van der Waals surface area contributed by atoms with E-state index in [0.29, 0.717) is 28.4 Å². The molecular formula is C10H14N9O6P. The fourth-order valence-electron chi connectivity index (χ4n) is 2.14. The predicted octanol–water partition coefficient (Wildman–Crippen LogP) is -0.971. The van der Waals surface area contributed by atoms with E-state index in [9.17, 15) is 10.1 Å². The molecule has 0 aliphatic rings. The van der Waals surface area contributed by atoms with Gasteiger partial charge in [-0.15, -0.1) is 0 Å². The third kappa shape index (κ3) is 3.98. The molecule has 15 nitrogen and oxygen atoms in total. The second-order valence-corrected chi connectivity index (χ2v) is 5.83. The van der Waals surface area contributed by atoms with Gasteiger partial charge >= 0.3 is 13.6 Å². The van der Waals surface area contributed by atoms with Crippen LogP contribution in [-0.4, -0.2) is 48.9 Å². The molecule has 0 aliphatic heterocycles. The number of aryl methyl sites for hydroxylation is 1. The van der Waals surface area contributed by atoms with Crippen molar-refractivity contribution in [2.24, 2.45) is 19.9 Å². The van der Waals surface area contributed by atoms with Gasteiger partial charge in [0.15, 0.2) is 17.2 Å². The summed E-state index contributed by atoms with van der Waals surface area (Å²) in [5.41, 5.74) is 3.42. The molecule has 3 rings (SSSR count). The van der Waals surface area contributed by atoms with E-state index in [-0.39, 0.29) is 5.82 Å². The Morgan fingerprint density at radius 3 is 2.38 bits per heavy atom. The average Bonchev–Trinajstić information content (AvgIpc) is 3.06. The molecule has 0 atom stereocenters. The molecule has 3 aromatic heterocycles. The van der Waals surface area contributed by atoms with E-state index >= 15 is 0 Å². The lowest BCUT2D eigenvalue weighted by molar-refractivity contribution is -0.391. The summed E-state index contributed by atoms with van der Waals surface area (Å²) in [5.74, 6) is 6.02. The van der Waals surface area contributed by atoms with E-state index in [1.165, 1.54) is 21.8 Å². The number of nitrogen functional groups attached to an aromatic ring is 1. The number of phosphoric acid groups is 1. The fourth-order valence-corrected chi connectivity index (χ4v) is 2.14. The second kappa shape index (κ2) is 7.11. The first-order valence-corrected chi connectivity index (χ1v) is 8.20. The summed E-state index contributed by atoms with van der Waals surface area (Å²) in [7, 11) is -1.39. The summed E-state index contributed by atoms with van der Waals surface area (Å²) in [6.45, 7) is 0. The van der Waals surface area contributed by atoms with Gasteiger partial charge in [0, 0.05) is 7.05 Å². The first kappa shape index (κ1) is 19.4. The Balaban J connectivity index is 0.000000431. The number of nitrogens with zero attached hydrogens (tertiary/aromatic N) is 7. The van der Waals surface area contributed by atoms with Crippen LogP contribution in [0.4, 0.5) is 11.6 Å². The standard InChI is InChI=1S/C10H11N9O2.H3O4P/c1-17-5(19(20)21)3-12-10(17)7-6-8(15-11)13-4-14-9(6)18(2)16-7;1-5(2,3)4/h3-4H,11H2,1-2H3,(H,13,14,15);(H3,1,2,3,4). The van der Waals surface area contributed by atoms with E-state index in [1.807, 2.05) is 0 Å². The highest BCUT2D eigenvalue weighted by Crippen LogP contribution is 2.31. The molecule has 0 amide bonds. The van der Waals surface area contributed by atoms with E-state index in [2.05, 4.69) is 25.5 Å². The number of aromatic nitrogens is 6. The van der Waals surface area contributed by atoms with Gasteiger partial charge < -0.3 is 30.2 Å². The Kier molecular flexibility index (Phi) is 5.29. The van der Waals surface area contributed by atoms with Gasteiger partial charge in [0.05, 0.1) is 12.4 Å². The van der Waals surface area contributed by atoms with E-state index in [0.717, 1.165) is 0 Å². The first-order chi connectivity index (χ1) is 12.0. The molecule has 3 aromatic rings. The Labute approximate surface area is 144 Å². The van der Waals surface area contributed by atoms with E-state index in [1.54, 1.807) is 14.1 Å². The zero-order valence-electron chi connectivity index (χ0n) is 13.4. The summed E-state index contributed by atoms with van der Waals surface area (Å²) in [5, 5.41) is 15.8. The van der Waals surface area contributed by atoms with Crippen LogP contribution in [0.3, 0.4) is 0 Å². The quantitative estimate of drug-likeness (QED) is 0.158. The summed E-state index contributed by atoms with van der Waals surface area (Å²) in [6, 6.07) is 0. The Bertz CT molecular complexity index is 1000. The zero-order valence-corrected chi connectivity index (χ0v) is 14.3. The van der Waals surface area contributed by atoms with Crippen molar-refractivity contribution >= 4 is 30.5 Å². The zero-order chi connectivity index (χ0) is 19.6. The van der Waals surface area contributed by atoms with Crippen LogP contribution in [0.25, 0.3) is 22.6 Å². The van der Waals surface area contributed by atoms with Gasteiger partial charge in [-0.1, -0.05) is 0 Å². The molecule has 0 radical (unpaired) electrons. The van der Waals surface area contributed by atoms with E-state index in [4.69, 9.17) is 25.1 Å². The molecule has 0 unspecified atom stereocenters. The number of nitrogens with one attached hydrogen (secondary N) is 1. The number of fused-ring (bicyclic) bond motifs is 1. The molecule has 26 heavy (non-hydrogen) atoms. The van der Waals surface area contributed by atoms with Crippen LogP contribution in [0, 0.1) is 10.1 Å². The van der Waals surface area contributed by atoms with Crippen LogP contribution in [-0.2, 0) is 18.7 Å². The molecule has 0 bridgehead atoms. The topological polar surface area (TPSA) is 220 Å². The molecule has 0 spiro atoms. The van der Waals surface area contributed by atoms with Crippen molar-refractivity contribution in [1.29, 1.82) is 0 Å². The molecule has 0 aliphatic carbocycles. The van der Waals surface area contributed by atoms with Crippen LogP contribution in [0.1, 0.15) is 0 Å². The molecule has 140 valence electrons. The molecule has 0 saturated carbocycles. The van der Waals surface area contributed by atoms with Crippen LogP contribution < -0.4 is 11.3 Å². The Morgan fingerprint density at radius 2 is 1.88 bits per heavy atom. The van der Waals surface area contributed by atoms with Gasteiger partial charge in [-0.3, -0.25) is 0 Å². The number of nitrogens with two attached hydrogens (primary N) is 1. The second-order valence-electron chi connectivity index (χ2n) is 4.81. The third-order valence-electron chi connectivity index (χ3n) is 3.12. The van der Waals surface area contributed by atoms with Crippen LogP contribution in [0.5, 0.6) is 0 Å². The number of rotatable bonds is 3. The normalized spacial score (nSPS) is 11.2. The maximum Gasteiger partial charge on any atom is 0.466 e. The fraction of sp³-hybridized carbons (Fsp3) is 0.200. The molecule has 3 heterocycles. The maximum absolute atomic E-state index is 10.9. The summed E-state index contributed by atoms with van der Waals surface area (Å²) in [6.07, 6.45) is 2.53. The Morgan fingerprint density at radius 1 is 1.27 bits per heavy atom. The highest BCUT2D eigenvalue weighted by atomic mass is 31.2. The molecule has 0 saturated heterocycles. The smallest absolute Gasteiger partial charge is 0.358 e. The van der Waals surface area contributed by atoms with Crippen LogP contribution in [0.2, 0.25) is 0 Å². The van der Waals surface area contributed by atoms with Crippen molar-refractivity contribution in [1.82, 2.24) is 29.3 Å². The van der Waals surface area contributed by atoms with Crippen molar-refractivity contribution in [3.63, 3.8) is 0 Å². The lowest BCUT2D eigenvalue weighted by Gasteiger charge is -2.01. The highest BCUT2D eigenvalue weighted by Gasteiger charge is 2.25. The molecule has 0 fully saturated rings. The van der Waals surface area contributed by atoms with Gasteiger partial charge in [0.25, 0.3) is 0 Å². The summed E-state index contributed by atoms with van der Waals surface area (Å²) in [4.78, 5) is 44.2. The van der Waals surface area contributed by atoms with Crippen molar-refractivity contribution < 1.29 is 24.2 Å². The van der Waals surface area contributed by atoms with Crippen molar-refractivity contribution in [2.45, 2.75) is 0 Å². The van der Waals surface area contributed by atoms with Gasteiger partial charge in [-0.05, 0) is 4.92 Å². The van der Waals surface area contributed by atoms with Crippen molar-refractivity contribution in [3.05, 3.63) is 22.6 Å². The molecule has 6 N–H and O–H groups in total. The minimum atomic E-state index is -4.64. The predicted molar refractivity (Wildman–Crippen MR) is 87.2 cm³/mol. The molecule has 16 heteroatoms. The molecule has 0 aromatic carbocycles. The van der Waals surface area contributed by atoms with Gasteiger partial charge in [0.1, 0.15) is 12.5 Å². The number of hydrazine groups is 1. The van der Waals surface area contributed by atoms with E-state index < -0.39 is 12.7 Å². The van der Waals surface area contributed by atoms with Gasteiger partial charge in [-0.25, -0.2) is 34.6 Å². The third-order valence-corrected chi connectivity index (χ3v) is 3.12. The lowest BCUT2D eigenvalue weighted by Crippen LogP contribution is -2.09. The van der Waals surface area contributed by atoms with Crippen LogP contribution >= 0.6 is 7.82 Å². The number of nitro groups is 1. The number of hydrogen-bond acceptors (Lipinski definition) is 9. The van der Waals surface area contributed by atoms with Gasteiger partial charge in [-0.2, -0.15) is 5.10 Å². The van der Waals surface area contributed by atoms with Crippen LogP contribution in [0.15, 0.2) is 12.5 Å². The summed E-state index contributed by atoms with van der Waals surface area (Å²) < 4.78 is 11.8. The average molecular weight is 387 g/mol. The minimum Gasteiger partial charge on any atom is -0.358 e. The first-order valence-electron chi connectivity index (χ1n) is 6.63.